The highest BCUT2D eigenvalue weighted by Crippen LogP contribution is 2.40. The molecule has 25 heavy (non-hydrogen) atoms. The first-order valence-electron chi connectivity index (χ1n) is 9.26. The summed E-state index contributed by atoms with van der Waals surface area (Å²) in [6.07, 6.45) is 8.64. The molecule has 0 amide bonds. The summed E-state index contributed by atoms with van der Waals surface area (Å²) in [5, 5.41) is 4.27. The lowest BCUT2D eigenvalue weighted by Crippen LogP contribution is -2.41. The van der Waals surface area contributed by atoms with E-state index in [0.29, 0.717) is 17.9 Å². The molecule has 0 saturated carbocycles. The molecule has 2 aliphatic rings. The molecule has 0 spiro atoms. The number of hydrogen-bond acceptors (Lipinski definition) is 5. The van der Waals surface area contributed by atoms with Crippen molar-refractivity contribution in [2.45, 2.75) is 51.4 Å². The third-order valence-electron chi connectivity index (χ3n) is 5.34. The Morgan fingerprint density at radius 2 is 2.24 bits per heavy atom. The van der Waals surface area contributed by atoms with Gasteiger partial charge in [-0.1, -0.05) is 13.8 Å². The first kappa shape index (κ1) is 16.7. The highest BCUT2D eigenvalue weighted by Gasteiger charge is 2.40. The van der Waals surface area contributed by atoms with E-state index in [1.54, 1.807) is 0 Å². The molecule has 6 nitrogen and oxygen atoms in total. The van der Waals surface area contributed by atoms with Gasteiger partial charge < -0.3 is 4.74 Å². The maximum Gasteiger partial charge on any atom is 0.131 e. The van der Waals surface area contributed by atoms with Crippen molar-refractivity contribution in [3.8, 4) is 0 Å². The van der Waals surface area contributed by atoms with Gasteiger partial charge in [-0.3, -0.25) is 9.58 Å². The van der Waals surface area contributed by atoms with Crippen molar-refractivity contribution in [3.05, 3.63) is 41.7 Å². The Balaban J connectivity index is 1.40. The molecule has 0 N–H and O–H groups in total. The highest BCUT2D eigenvalue weighted by atomic mass is 16.5. The van der Waals surface area contributed by atoms with Crippen LogP contribution in [-0.2, 0) is 18.3 Å². The van der Waals surface area contributed by atoms with Gasteiger partial charge in [-0.15, -0.1) is 0 Å². The van der Waals surface area contributed by atoms with Gasteiger partial charge in [0.15, 0.2) is 0 Å². The zero-order chi connectivity index (χ0) is 17.4. The maximum atomic E-state index is 6.41. The molecular weight excluding hydrogens is 314 g/mol. The molecule has 0 unspecified atom stereocenters. The van der Waals surface area contributed by atoms with Crippen LogP contribution in [0.1, 0.15) is 55.8 Å². The fraction of sp³-hybridized carbons (Fsp3) is 0.632. The number of hydrogen-bond donors (Lipinski definition) is 0. The van der Waals surface area contributed by atoms with Crippen LogP contribution in [0.15, 0.2) is 24.7 Å². The van der Waals surface area contributed by atoms with E-state index in [1.807, 2.05) is 30.2 Å². The van der Waals surface area contributed by atoms with Gasteiger partial charge in [0, 0.05) is 44.0 Å². The molecule has 4 rings (SSSR count). The van der Waals surface area contributed by atoms with Gasteiger partial charge in [0.1, 0.15) is 11.9 Å². The summed E-state index contributed by atoms with van der Waals surface area (Å²) in [4.78, 5) is 11.6. The first-order valence-corrected chi connectivity index (χ1v) is 9.26. The van der Waals surface area contributed by atoms with Crippen LogP contribution >= 0.6 is 0 Å². The molecule has 0 aliphatic carbocycles. The lowest BCUT2D eigenvalue weighted by Gasteiger charge is -2.33. The van der Waals surface area contributed by atoms with Gasteiger partial charge in [-0.25, -0.2) is 9.97 Å². The van der Waals surface area contributed by atoms with Crippen molar-refractivity contribution in [1.82, 2.24) is 24.6 Å². The molecule has 2 aromatic rings. The van der Waals surface area contributed by atoms with Gasteiger partial charge >= 0.3 is 0 Å². The van der Waals surface area contributed by atoms with E-state index in [4.69, 9.17) is 9.72 Å². The average molecular weight is 341 g/mol. The Kier molecular flexibility index (Phi) is 4.56. The van der Waals surface area contributed by atoms with Crippen LogP contribution in [-0.4, -0.2) is 43.8 Å². The monoisotopic (exact) mass is 341 g/mol. The molecule has 0 radical (unpaired) electrons. The normalized spacial score (nSPS) is 27.0. The van der Waals surface area contributed by atoms with Crippen molar-refractivity contribution in [2.24, 2.45) is 13.0 Å². The van der Waals surface area contributed by atoms with Crippen LogP contribution in [0, 0.1) is 5.92 Å². The molecule has 134 valence electrons. The molecule has 3 atom stereocenters. The summed E-state index contributed by atoms with van der Waals surface area (Å²) in [7, 11) is 1.97. The SMILES string of the molecule is CC(C)c1nccc([C@H]2C[C@@H]3CCN(Cc4cnn(C)c4)C[C@H]3O2)n1. The van der Waals surface area contributed by atoms with Crippen LogP contribution in [0.3, 0.4) is 0 Å². The fourth-order valence-corrected chi connectivity index (χ4v) is 3.99. The Morgan fingerprint density at radius 1 is 1.36 bits per heavy atom. The molecule has 2 fully saturated rings. The van der Waals surface area contributed by atoms with E-state index in [0.717, 1.165) is 37.6 Å². The summed E-state index contributed by atoms with van der Waals surface area (Å²) in [6, 6.07) is 2.02. The largest absolute Gasteiger partial charge is 0.367 e. The number of nitrogens with zero attached hydrogens (tertiary/aromatic N) is 5. The number of piperidine rings is 1. The lowest BCUT2D eigenvalue weighted by atomic mass is 9.91. The third-order valence-corrected chi connectivity index (χ3v) is 5.34. The minimum atomic E-state index is 0.119. The van der Waals surface area contributed by atoms with Crippen molar-refractivity contribution in [1.29, 1.82) is 0 Å². The van der Waals surface area contributed by atoms with Gasteiger partial charge in [-0.05, 0) is 31.4 Å². The predicted molar refractivity (Wildman–Crippen MR) is 94.9 cm³/mol. The topological polar surface area (TPSA) is 56.1 Å². The second-order valence-corrected chi connectivity index (χ2v) is 7.70. The second-order valence-electron chi connectivity index (χ2n) is 7.70. The van der Waals surface area contributed by atoms with E-state index >= 15 is 0 Å². The highest BCUT2D eigenvalue weighted by molar-refractivity contribution is 5.11. The van der Waals surface area contributed by atoms with Gasteiger partial charge in [0.25, 0.3) is 0 Å². The Labute approximate surface area is 149 Å². The van der Waals surface area contributed by atoms with Gasteiger partial charge in [0.05, 0.1) is 18.0 Å². The summed E-state index contributed by atoms with van der Waals surface area (Å²) >= 11 is 0. The van der Waals surface area contributed by atoms with E-state index in [1.165, 1.54) is 12.0 Å². The second kappa shape index (κ2) is 6.84. The quantitative estimate of drug-likeness (QED) is 0.856. The fourth-order valence-electron chi connectivity index (χ4n) is 3.99. The van der Waals surface area contributed by atoms with Crippen LogP contribution < -0.4 is 0 Å². The van der Waals surface area contributed by atoms with Crippen LogP contribution in [0.25, 0.3) is 0 Å². The van der Waals surface area contributed by atoms with Crippen molar-refractivity contribution in [2.75, 3.05) is 13.1 Å². The third kappa shape index (κ3) is 3.60. The number of rotatable bonds is 4. The molecule has 0 bridgehead atoms. The van der Waals surface area contributed by atoms with Crippen molar-refractivity contribution >= 4 is 0 Å². The molecule has 6 heteroatoms. The van der Waals surface area contributed by atoms with E-state index in [2.05, 4.69) is 35.0 Å². The standard InChI is InChI=1S/C19H27N5O/c1-13(2)19-20-6-4-16(22-19)17-8-15-5-7-24(12-18(15)25-17)11-14-9-21-23(3)10-14/h4,6,9-10,13,15,17-18H,5,7-8,11-12H2,1-3H3/t15-,17+,18+/m0/s1. The number of ether oxygens (including phenoxy) is 1. The molecule has 0 aromatic carbocycles. The smallest absolute Gasteiger partial charge is 0.131 e. The van der Waals surface area contributed by atoms with Crippen LogP contribution in [0.4, 0.5) is 0 Å². The number of likely N-dealkylation sites (tertiary alicyclic amines) is 1. The Morgan fingerprint density at radius 3 is 3.00 bits per heavy atom. The minimum absolute atomic E-state index is 0.119. The summed E-state index contributed by atoms with van der Waals surface area (Å²) in [5.74, 6) is 1.90. The molecule has 2 aliphatic heterocycles. The lowest BCUT2D eigenvalue weighted by molar-refractivity contribution is -0.0107. The van der Waals surface area contributed by atoms with Gasteiger partial charge in [0.2, 0.25) is 0 Å². The summed E-state index contributed by atoms with van der Waals surface area (Å²) in [6.45, 7) is 7.34. The van der Waals surface area contributed by atoms with Crippen LogP contribution in [0.2, 0.25) is 0 Å². The Hall–Kier alpha value is -1.79. The predicted octanol–water partition coefficient (Wildman–Crippen LogP) is 2.69. The zero-order valence-corrected chi connectivity index (χ0v) is 15.3. The maximum absolute atomic E-state index is 6.41. The average Bonchev–Trinajstić information content (AvgIpc) is 3.20. The van der Waals surface area contributed by atoms with Crippen LogP contribution in [0.5, 0.6) is 0 Å². The van der Waals surface area contributed by atoms with E-state index in [-0.39, 0.29) is 6.10 Å². The number of aryl methyl sites for hydroxylation is 1. The minimum Gasteiger partial charge on any atom is -0.367 e. The number of fused-ring (bicyclic) bond motifs is 1. The van der Waals surface area contributed by atoms with E-state index < -0.39 is 0 Å². The number of aromatic nitrogens is 4. The molecular formula is C19H27N5O. The first-order chi connectivity index (χ1) is 12.1. The Bertz CT molecular complexity index is 728. The van der Waals surface area contributed by atoms with Crippen molar-refractivity contribution in [3.63, 3.8) is 0 Å². The molecule has 2 aromatic heterocycles. The molecule has 4 heterocycles. The van der Waals surface area contributed by atoms with E-state index in [9.17, 15) is 0 Å². The summed E-state index contributed by atoms with van der Waals surface area (Å²) < 4.78 is 8.27. The van der Waals surface area contributed by atoms with Gasteiger partial charge in [-0.2, -0.15) is 5.10 Å². The summed E-state index contributed by atoms with van der Waals surface area (Å²) in [5.41, 5.74) is 2.32. The zero-order valence-electron chi connectivity index (χ0n) is 15.3. The molecule has 2 saturated heterocycles. The van der Waals surface area contributed by atoms with Crippen molar-refractivity contribution < 1.29 is 4.74 Å².